The maximum atomic E-state index is 11.8. The van der Waals surface area contributed by atoms with E-state index >= 15 is 0 Å². The number of rotatable bonds is 4. The van der Waals surface area contributed by atoms with Crippen LogP contribution < -0.4 is 14.8 Å². The van der Waals surface area contributed by atoms with Gasteiger partial charge >= 0.3 is 0 Å². The van der Waals surface area contributed by atoms with E-state index in [1.165, 1.54) is 4.88 Å². The van der Waals surface area contributed by atoms with Crippen LogP contribution in [0.5, 0.6) is 11.5 Å². The zero-order valence-electron chi connectivity index (χ0n) is 13.3. The summed E-state index contributed by atoms with van der Waals surface area (Å²) in [5.41, 5.74) is 2.03. The van der Waals surface area contributed by atoms with Gasteiger partial charge in [0.05, 0.1) is 29.9 Å². The van der Waals surface area contributed by atoms with Gasteiger partial charge in [0, 0.05) is 4.88 Å². The van der Waals surface area contributed by atoms with Gasteiger partial charge in [-0.15, -0.1) is 23.1 Å². The fraction of sp³-hybridized carbons (Fsp3) is 0.353. The number of ether oxygens (including phenoxy) is 2. The molecule has 3 rings (SSSR count). The minimum atomic E-state index is 0.0453. The molecule has 1 amide bonds. The van der Waals surface area contributed by atoms with Crippen molar-refractivity contribution in [2.45, 2.75) is 25.2 Å². The zero-order valence-corrected chi connectivity index (χ0v) is 14.9. The third kappa shape index (κ3) is 3.48. The number of carbonyl (C=O) groups excluding carboxylic acids is 1. The molecule has 1 N–H and O–H groups in total. The lowest BCUT2D eigenvalue weighted by molar-refractivity contribution is -0.113. The minimum absolute atomic E-state index is 0.0453. The Kier molecular flexibility index (Phi) is 4.82. The first-order valence-corrected chi connectivity index (χ1v) is 9.34. The number of thiophene rings is 1. The molecular weight excluding hydrogens is 330 g/mol. The molecule has 0 unspecified atom stereocenters. The molecule has 4 nitrogen and oxygen atoms in total. The smallest absolute Gasteiger partial charge is 0.234 e. The lowest BCUT2D eigenvalue weighted by Crippen LogP contribution is -2.11. The highest BCUT2D eigenvalue weighted by Gasteiger charge is 2.26. The molecule has 122 valence electrons. The molecule has 0 aliphatic carbocycles. The van der Waals surface area contributed by atoms with E-state index in [0.717, 1.165) is 22.7 Å². The summed E-state index contributed by atoms with van der Waals surface area (Å²) in [5, 5.41) is 5.09. The Labute approximate surface area is 144 Å². The molecule has 0 fully saturated rings. The molecule has 6 heteroatoms. The van der Waals surface area contributed by atoms with E-state index in [4.69, 9.17) is 9.47 Å². The molecule has 1 aliphatic rings. The van der Waals surface area contributed by atoms with Crippen LogP contribution in [-0.2, 0) is 4.79 Å². The van der Waals surface area contributed by atoms with E-state index in [1.807, 2.05) is 37.4 Å². The summed E-state index contributed by atoms with van der Waals surface area (Å²) in [5.74, 6) is 1.95. The number of methoxy groups -OCH3 is 1. The summed E-state index contributed by atoms with van der Waals surface area (Å²) < 4.78 is 11.3. The van der Waals surface area contributed by atoms with Gasteiger partial charge in [0.2, 0.25) is 5.91 Å². The second-order valence-corrected chi connectivity index (χ2v) is 7.56. The number of carbonyl (C=O) groups is 1. The summed E-state index contributed by atoms with van der Waals surface area (Å²) in [6.07, 6.45) is 0.0905. The van der Waals surface area contributed by atoms with Crippen LogP contribution in [0.3, 0.4) is 0 Å². The molecule has 0 saturated heterocycles. The van der Waals surface area contributed by atoms with E-state index in [9.17, 15) is 4.79 Å². The molecule has 0 saturated carbocycles. The highest BCUT2D eigenvalue weighted by atomic mass is 32.2. The fourth-order valence-electron chi connectivity index (χ4n) is 2.49. The van der Waals surface area contributed by atoms with Crippen LogP contribution in [0, 0.1) is 0 Å². The van der Waals surface area contributed by atoms with Crippen molar-refractivity contribution in [2.75, 3.05) is 18.2 Å². The number of amides is 1. The van der Waals surface area contributed by atoms with Gasteiger partial charge in [0.25, 0.3) is 0 Å². The van der Waals surface area contributed by atoms with Crippen molar-refractivity contribution in [1.82, 2.24) is 0 Å². The molecule has 0 radical (unpaired) electrons. The van der Waals surface area contributed by atoms with Crippen molar-refractivity contribution < 1.29 is 14.3 Å². The Morgan fingerprint density at radius 1 is 1.26 bits per heavy atom. The third-order valence-electron chi connectivity index (χ3n) is 3.44. The van der Waals surface area contributed by atoms with Gasteiger partial charge in [-0.1, -0.05) is 6.07 Å². The number of hydrogen-bond acceptors (Lipinski definition) is 5. The highest BCUT2D eigenvalue weighted by molar-refractivity contribution is 8.00. The Balaban J connectivity index is 1.97. The molecule has 2 heterocycles. The minimum Gasteiger partial charge on any atom is -0.493 e. The Hall–Kier alpha value is -1.66. The average molecular weight is 349 g/mol. The van der Waals surface area contributed by atoms with Gasteiger partial charge in [-0.3, -0.25) is 4.79 Å². The Morgan fingerprint density at radius 3 is 2.83 bits per heavy atom. The predicted octanol–water partition coefficient (Wildman–Crippen LogP) is 4.32. The first-order valence-electron chi connectivity index (χ1n) is 7.42. The second kappa shape index (κ2) is 6.84. The summed E-state index contributed by atoms with van der Waals surface area (Å²) >= 11 is 3.30. The van der Waals surface area contributed by atoms with Crippen molar-refractivity contribution in [3.8, 4) is 11.5 Å². The van der Waals surface area contributed by atoms with Gasteiger partial charge in [-0.05, 0) is 43.0 Å². The summed E-state index contributed by atoms with van der Waals surface area (Å²) in [7, 11) is 1.65. The molecule has 23 heavy (non-hydrogen) atoms. The molecule has 1 aromatic carbocycles. The summed E-state index contributed by atoms with van der Waals surface area (Å²) in [6, 6.07) is 7.97. The topological polar surface area (TPSA) is 47.6 Å². The van der Waals surface area contributed by atoms with Crippen LogP contribution in [0.4, 0.5) is 5.69 Å². The van der Waals surface area contributed by atoms with E-state index < -0.39 is 0 Å². The average Bonchev–Trinajstić information content (AvgIpc) is 2.90. The summed E-state index contributed by atoms with van der Waals surface area (Å²) in [6.45, 7) is 3.98. The van der Waals surface area contributed by atoms with Gasteiger partial charge in [0.15, 0.2) is 11.5 Å². The van der Waals surface area contributed by atoms with E-state index in [2.05, 4.69) is 11.4 Å². The van der Waals surface area contributed by atoms with E-state index in [1.54, 1.807) is 30.2 Å². The Morgan fingerprint density at radius 2 is 2.09 bits per heavy atom. The lowest BCUT2D eigenvalue weighted by atomic mass is 10.1. The molecule has 1 atom stereocenters. The normalized spacial score (nSPS) is 17.4. The van der Waals surface area contributed by atoms with Crippen LogP contribution in [0.15, 0.2) is 29.6 Å². The number of thioether (sulfide) groups is 1. The van der Waals surface area contributed by atoms with Crippen molar-refractivity contribution in [3.63, 3.8) is 0 Å². The van der Waals surface area contributed by atoms with Crippen LogP contribution in [0.1, 0.15) is 29.5 Å². The van der Waals surface area contributed by atoms with E-state index in [0.29, 0.717) is 5.75 Å². The lowest BCUT2D eigenvalue weighted by Gasteiger charge is -2.18. The number of hydrogen-bond donors (Lipinski definition) is 1. The maximum Gasteiger partial charge on any atom is 0.234 e. The molecule has 0 bridgehead atoms. The van der Waals surface area contributed by atoms with Crippen LogP contribution in [0.2, 0.25) is 0 Å². The molecule has 0 spiro atoms. The second-order valence-electron chi connectivity index (χ2n) is 5.51. The SMILES string of the molecule is COc1cc([C@H]2SCC(=O)Nc3ccsc32)ccc1OC(C)C. The molecule has 1 aliphatic heterocycles. The zero-order chi connectivity index (χ0) is 16.4. The molecular formula is C17H19NO3S2. The quantitative estimate of drug-likeness (QED) is 0.893. The van der Waals surface area contributed by atoms with Crippen LogP contribution in [-0.4, -0.2) is 24.9 Å². The van der Waals surface area contributed by atoms with Crippen molar-refractivity contribution in [2.24, 2.45) is 0 Å². The van der Waals surface area contributed by atoms with Crippen LogP contribution >= 0.6 is 23.1 Å². The van der Waals surface area contributed by atoms with E-state index in [-0.39, 0.29) is 17.3 Å². The summed E-state index contributed by atoms with van der Waals surface area (Å²) in [4.78, 5) is 13.0. The van der Waals surface area contributed by atoms with Crippen molar-refractivity contribution in [1.29, 1.82) is 0 Å². The highest BCUT2D eigenvalue weighted by Crippen LogP contribution is 2.46. The number of benzene rings is 1. The Bertz CT molecular complexity index is 712. The predicted molar refractivity (Wildman–Crippen MR) is 96.0 cm³/mol. The monoisotopic (exact) mass is 349 g/mol. The van der Waals surface area contributed by atoms with Crippen molar-refractivity contribution >= 4 is 34.7 Å². The number of fused-ring (bicyclic) bond motifs is 1. The van der Waals surface area contributed by atoms with Crippen LogP contribution in [0.25, 0.3) is 0 Å². The standard InChI is InChI=1S/C17H19NO3S2/c1-10(2)21-13-5-4-11(8-14(13)20-3)16-17-12(6-7-22-17)18-15(19)9-23-16/h4-8,10,16H,9H2,1-3H3,(H,18,19)/t16-/m1/s1. The first-order chi connectivity index (χ1) is 11.1. The van der Waals surface area contributed by atoms with Gasteiger partial charge in [-0.2, -0.15) is 0 Å². The third-order valence-corrected chi connectivity index (χ3v) is 5.84. The largest absolute Gasteiger partial charge is 0.493 e. The number of nitrogens with one attached hydrogen (secondary N) is 1. The van der Waals surface area contributed by atoms with Gasteiger partial charge in [0.1, 0.15) is 0 Å². The van der Waals surface area contributed by atoms with Crippen molar-refractivity contribution in [3.05, 3.63) is 40.1 Å². The van der Waals surface area contributed by atoms with Gasteiger partial charge in [-0.25, -0.2) is 0 Å². The fourth-order valence-corrected chi connectivity index (χ4v) is 4.73. The van der Waals surface area contributed by atoms with Gasteiger partial charge < -0.3 is 14.8 Å². The maximum absolute atomic E-state index is 11.8. The number of anilines is 1. The molecule has 2 aromatic rings. The molecule has 1 aromatic heterocycles. The first kappa shape index (κ1) is 16.2.